The van der Waals surface area contributed by atoms with E-state index in [1.807, 2.05) is 26.8 Å². The fourth-order valence-corrected chi connectivity index (χ4v) is 8.90. The Bertz CT molecular complexity index is 1660. The summed E-state index contributed by atoms with van der Waals surface area (Å²) >= 11 is 6.58. The molecule has 1 unspecified atom stereocenters. The first kappa shape index (κ1) is 37.6. The molecule has 0 radical (unpaired) electrons. The van der Waals surface area contributed by atoms with Crippen molar-refractivity contribution in [2.75, 3.05) is 13.2 Å². The fraction of sp³-hybridized carbons (Fsp3) is 0.700. The molecule has 3 saturated carbocycles. The largest absolute Gasteiger partial charge is 0.491 e. The molecule has 4 amide bonds. The number of ether oxygens (including phenoxy) is 1. The summed E-state index contributed by atoms with van der Waals surface area (Å²) in [5.41, 5.74) is 0.721. The van der Waals surface area contributed by atoms with Crippen LogP contribution in [0.4, 0.5) is 0 Å². The summed E-state index contributed by atoms with van der Waals surface area (Å²) in [5.74, 6) is -1.24. The van der Waals surface area contributed by atoms with E-state index in [1.54, 1.807) is 6.07 Å². The van der Waals surface area contributed by atoms with Gasteiger partial charge >= 0.3 is 0 Å². The average Bonchev–Trinajstić information content (AvgIpc) is 3.46. The highest BCUT2D eigenvalue weighted by molar-refractivity contribution is 6.38. The molecule has 7 rings (SSSR count). The predicted molar refractivity (Wildman–Crippen MR) is 198 cm³/mol. The molecule has 1 aromatic carbocycles. The molecule has 3 N–H and O–H groups in total. The lowest BCUT2D eigenvalue weighted by Gasteiger charge is -2.36. The lowest BCUT2D eigenvalue weighted by Crippen LogP contribution is -2.59. The summed E-state index contributed by atoms with van der Waals surface area (Å²) in [6.45, 7) is 6.30. The third kappa shape index (κ3) is 8.52. The van der Waals surface area contributed by atoms with Gasteiger partial charge in [0.2, 0.25) is 23.5 Å². The molecule has 13 heteroatoms. The molecule has 3 aliphatic heterocycles. The van der Waals surface area contributed by atoms with Gasteiger partial charge in [-0.2, -0.15) is 0 Å². The number of fused-ring (bicyclic) bond motifs is 1. The van der Waals surface area contributed by atoms with Crippen LogP contribution in [-0.4, -0.2) is 82.9 Å². The number of nitrogens with zero attached hydrogens (tertiary/aromatic N) is 2. The van der Waals surface area contributed by atoms with Crippen molar-refractivity contribution in [1.29, 1.82) is 0 Å². The standard InChI is InChI=1S/C40H54ClN5O7/c1-39(2,3)35(44-32(47)17-24-8-5-4-6-9-24)38(51)46-22-40(20-30(45-53-40)26-18-25-14-15-52-34(25)28(41)19-26)21-31(46)36(49)43-29(16-23-10-7-11-23)33(48)37(50)42-27-12-13-27/h18-19,23-24,27,29,31,35H,4-17,20-22H2,1-3H3,(H,42,50)(H,43,49)(H,44,47)/t29?,31-,35+,40+/m0/s1. The minimum atomic E-state index is -1.03. The minimum absolute atomic E-state index is 0.00115. The summed E-state index contributed by atoms with van der Waals surface area (Å²) in [6.07, 6.45) is 11.9. The number of halogens is 1. The normalized spacial score (nSPS) is 25.4. The Labute approximate surface area is 316 Å². The van der Waals surface area contributed by atoms with Crippen molar-refractivity contribution in [3.05, 3.63) is 28.3 Å². The van der Waals surface area contributed by atoms with E-state index in [-0.39, 0.29) is 36.8 Å². The number of hydrogen-bond donors (Lipinski definition) is 3. The van der Waals surface area contributed by atoms with Gasteiger partial charge in [-0.15, -0.1) is 0 Å². The van der Waals surface area contributed by atoms with Crippen molar-refractivity contribution in [3.8, 4) is 5.75 Å². The molecule has 0 aromatic heterocycles. The smallest absolute Gasteiger partial charge is 0.289 e. The Morgan fingerprint density at radius 2 is 1.72 bits per heavy atom. The monoisotopic (exact) mass is 751 g/mol. The molecule has 1 saturated heterocycles. The molecule has 6 aliphatic rings. The van der Waals surface area contributed by atoms with Crippen molar-refractivity contribution in [1.82, 2.24) is 20.9 Å². The van der Waals surface area contributed by atoms with Crippen molar-refractivity contribution < 1.29 is 33.5 Å². The molecule has 4 atom stereocenters. The molecule has 1 spiro atoms. The number of hydrogen-bond acceptors (Lipinski definition) is 8. The van der Waals surface area contributed by atoms with Crippen molar-refractivity contribution in [2.24, 2.45) is 22.4 Å². The average molecular weight is 752 g/mol. The van der Waals surface area contributed by atoms with E-state index in [9.17, 15) is 24.0 Å². The van der Waals surface area contributed by atoms with Gasteiger partial charge in [0.05, 0.1) is 29.9 Å². The highest BCUT2D eigenvalue weighted by Crippen LogP contribution is 2.42. The maximum Gasteiger partial charge on any atom is 0.289 e. The molecule has 3 heterocycles. The number of benzene rings is 1. The number of carbonyl (C=O) groups excluding carboxylic acids is 5. The summed E-state index contributed by atoms with van der Waals surface area (Å²) in [5, 5.41) is 13.7. The first-order valence-corrected chi connectivity index (χ1v) is 20.1. The van der Waals surface area contributed by atoms with Gasteiger partial charge in [0, 0.05) is 37.3 Å². The van der Waals surface area contributed by atoms with Gasteiger partial charge < -0.3 is 30.4 Å². The summed E-state index contributed by atoms with van der Waals surface area (Å²) in [7, 11) is 0. The molecular formula is C40H54ClN5O7. The SMILES string of the molecule is CC(C)(C)[C@H](NC(=O)CC1CCCCC1)C(=O)N1C[C@@]2(CC(c3cc(Cl)c4c(c3)CCO4)=NO2)C[C@H]1C(=O)NC(CC1CCC1)C(=O)C(=O)NC1CC1. The van der Waals surface area contributed by atoms with E-state index in [0.29, 0.717) is 42.4 Å². The van der Waals surface area contributed by atoms with Crippen LogP contribution in [0.25, 0.3) is 0 Å². The van der Waals surface area contributed by atoms with Gasteiger partial charge in [-0.1, -0.05) is 76.1 Å². The van der Waals surface area contributed by atoms with Crippen molar-refractivity contribution in [2.45, 2.75) is 147 Å². The van der Waals surface area contributed by atoms with E-state index in [0.717, 1.165) is 75.3 Å². The second kappa shape index (κ2) is 15.2. The van der Waals surface area contributed by atoms with Crippen LogP contribution in [-0.2, 0) is 35.2 Å². The molecule has 288 valence electrons. The molecule has 3 aliphatic carbocycles. The maximum absolute atomic E-state index is 14.8. The first-order chi connectivity index (χ1) is 25.3. The Balaban J connectivity index is 1.13. The second-order valence-corrected chi connectivity index (χ2v) is 17.9. The third-order valence-electron chi connectivity index (χ3n) is 12.1. The lowest BCUT2D eigenvalue weighted by molar-refractivity contribution is -0.145. The minimum Gasteiger partial charge on any atom is -0.491 e. The van der Waals surface area contributed by atoms with Gasteiger partial charge in [0.1, 0.15) is 17.8 Å². The lowest BCUT2D eigenvalue weighted by atomic mass is 9.80. The predicted octanol–water partition coefficient (Wildman–Crippen LogP) is 4.76. The van der Waals surface area contributed by atoms with Gasteiger partial charge in [0.25, 0.3) is 5.91 Å². The highest BCUT2D eigenvalue weighted by Gasteiger charge is 2.56. The van der Waals surface area contributed by atoms with Crippen LogP contribution in [0.15, 0.2) is 17.3 Å². The van der Waals surface area contributed by atoms with Crippen molar-refractivity contribution in [3.63, 3.8) is 0 Å². The van der Waals surface area contributed by atoms with Gasteiger partial charge in [-0.3, -0.25) is 24.0 Å². The van der Waals surface area contributed by atoms with E-state index < -0.39 is 52.6 Å². The topological polar surface area (TPSA) is 156 Å². The van der Waals surface area contributed by atoms with Crippen LogP contribution in [0.1, 0.15) is 122 Å². The fourth-order valence-electron chi connectivity index (χ4n) is 8.60. The Morgan fingerprint density at radius 3 is 2.40 bits per heavy atom. The quantitative estimate of drug-likeness (QED) is 0.260. The van der Waals surface area contributed by atoms with Crippen LogP contribution < -0.4 is 20.7 Å². The van der Waals surface area contributed by atoms with Crippen LogP contribution in [0.3, 0.4) is 0 Å². The van der Waals surface area contributed by atoms with Crippen molar-refractivity contribution >= 4 is 46.7 Å². The van der Waals surface area contributed by atoms with Crippen LogP contribution in [0.2, 0.25) is 5.02 Å². The first-order valence-electron chi connectivity index (χ1n) is 19.7. The molecule has 53 heavy (non-hydrogen) atoms. The van der Waals surface area contributed by atoms with E-state index >= 15 is 0 Å². The van der Waals surface area contributed by atoms with E-state index in [2.05, 4.69) is 21.1 Å². The molecule has 4 fully saturated rings. The summed E-state index contributed by atoms with van der Waals surface area (Å²) in [4.78, 5) is 76.8. The number of oxime groups is 1. The van der Waals surface area contributed by atoms with E-state index in [1.165, 1.54) is 11.3 Å². The molecule has 0 bridgehead atoms. The number of amides is 4. The molecule has 1 aromatic rings. The number of rotatable bonds is 12. The highest BCUT2D eigenvalue weighted by atomic mass is 35.5. The third-order valence-corrected chi connectivity index (χ3v) is 12.4. The number of ketones is 1. The Morgan fingerprint density at radius 1 is 0.981 bits per heavy atom. The Kier molecular flexibility index (Phi) is 10.8. The Hall–Kier alpha value is -3.67. The van der Waals surface area contributed by atoms with Gasteiger partial charge in [0.15, 0.2) is 5.60 Å². The molecule has 12 nitrogen and oxygen atoms in total. The van der Waals surface area contributed by atoms with Gasteiger partial charge in [-0.05, 0) is 67.1 Å². The maximum atomic E-state index is 14.8. The van der Waals surface area contributed by atoms with E-state index in [4.69, 9.17) is 21.2 Å². The zero-order chi connectivity index (χ0) is 37.5. The molecular weight excluding hydrogens is 698 g/mol. The second-order valence-electron chi connectivity index (χ2n) is 17.5. The van der Waals surface area contributed by atoms with Gasteiger partial charge in [-0.25, -0.2) is 0 Å². The number of likely N-dealkylation sites (tertiary alicyclic amines) is 1. The zero-order valence-corrected chi connectivity index (χ0v) is 32.0. The van der Waals surface area contributed by atoms with Crippen LogP contribution in [0, 0.1) is 17.3 Å². The number of nitrogens with one attached hydrogen (secondary N) is 3. The van der Waals surface area contributed by atoms with Crippen LogP contribution in [0.5, 0.6) is 5.75 Å². The summed E-state index contributed by atoms with van der Waals surface area (Å²) < 4.78 is 5.69. The zero-order valence-electron chi connectivity index (χ0n) is 31.3. The number of carbonyl (C=O) groups is 5. The summed E-state index contributed by atoms with van der Waals surface area (Å²) in [6, 6.07) is 0.837. The van der Waals surface area contributed by atoms with Crippen LogP contribution >= 0.6 is 11.6 Å². The number of Topliss-reactive ketones (excluding diaryl/α,β-unsaturated/α-hetero) is 1.